The third-order valence-electron chi connectivity index (χ3n) is 4.04. The summed E-state index contributed by atoms with van der Waals surface area (Å²) in [6.45, 7) is 6.63. The zero-order valence-electron chi connectivity index (χ0n) is 15.7. The molecule has 27 heavy (non-hydrogen) atoms. The normalized spacial score (nSPS) is 10.9. The van der Waals surface area contributed by atoms with Crippen LogP contribution in [-0.2, 0) is 6.54 Å². The number of para-hydroxylation sites is 1. The van der Waals surface area contributed by atoms with Gasteiger partial charge in [-0.2, -0.15) is 5.10 Å². The number of carbonyl (C=O) groups is 1. The van der Waals surface area contributed by atoms with E-state index in [0.717, 1.165) is 11.4 Å². The molecule has 0 saturated carbocycles. The van der Waals surface area contributed by atoms with E-state index in [0.29, 0.717) is 34.6 Å². The lowest BCUT2D eigenvalue weighted by molar-refractivity contribution is 0.102. The Morgan fingerprint density at radius 2 is 1.63 bits per heavy atom. The maximum atomic E-state index is 12.7. The lowest BCUT2D eigenvalue weighted by Crippen LogP contribution is -2.13. The summed E-state index contributed by atoms with van der Waals surface area (Å²) in [6, 6.07) is 17.4. The molecule has 0 atom stereocenters. The van der Waals surface area contributed by atoms with Crippen LogP contribution in [0.1, 0.15) is 29.9 Å². The molecule has 0 unspecified atom stereocenters. The van der Waals surface area contributed by atoms with Crippen LogP contribution in [0.2, 0.25) is 5.15 Å². The van der Waals surface area contributed by atoms with E-state index in [4.69, 9.17) is 11.6 Å². The van der Waals surface area contributed by atoms with E-state index >= 15 is 0 Å². The first-order valence-electron chi connectivity index (χ1n) is 8.90. The first-order valence-corrected chi connectivity index (χ1v) is 9.28. The summed E-state index contributed by atoms with van der Waals surface area (Å²) in [5.41, 5.74) is 3.70. The molecule has 0 spiro atoms. The van der Waals surface area contributed by atoms with Gasteiger partial charge in [-0.3, -0.25) is 9.48 Å². The number of rotatable bonds is 6. The molecular weight excluding hydrogens is 360 g/mol. The molecular formula is C21H23ClN4O. The molecule has 0 bridgehead atoms. The standard InChI is InChI=1S/C21H23ClN4O/c1-14(2)13-26-20(22)19(15(3)25-26)21(27)24-18-11-9-17(10-12-18)23-16-7-5-4-6-8-16/h4-12,14,23H,13H2,1-3H3,(H,24,27). The molecule has 6 heteroatoms. The number of carbonyl (C=O) groups excluding carboxylic acids is 1. The Labute approximate surface area is 164 Å². The summed E-state index contributed by atoms with van der Waals surface area (Å²) in [4.78, 5) is 12.7. The van der Waals surface area contributed by atoms with Gasteiger partial charge in [-0.05, 0) is 49.2 Å². The Balaban J connectivity index is 1.70. The average molecular weight is 383 g/mol. The Morgan fingerprint density at radius 3 is 2.26 bits per heavy atom. The zero-order chi connectivity index (χ0) is 19.4. The number of benzene rings is 2. The van der Waals surface area contributed by atoms with Crippen molar-refractivity contribution in [3.8, 4) is 0 Å². The van der Waals surface area contributed by atoms with Crippen LogP contribution in [-0.4, -0.2) is 15.7 Å². The molecule has 0 aliphatic rings. The Bertz CT molecular complexity index is 917. The van der Waals surface area contributed by atoms with Crippen LogP contribution in [0.5, 0.6) is 0 Å². The fourth-order valence-corrected chi connectivity index (χ4v) is 3.13. The maximum absolute atomic E-state index is 12.7. The summed E-state index contributed by atoms with van der Waals surface area (Å²) in [7, 11) is 0. The van der Waals surface area contributed by atoms with Crippen molar-refractivity contribution in [3.63, 3.8) is 0 Å². The number of hydrogen-bond donors (Lipinski definition) is 2. The largest absolute Gasteiger partial charge is 0.356 e. The lowest BCUT2D eigenvalue weighted by Gasteiger charge is -2.09. The van der Waals surface area contributed by atoms with E-state index in [-0.39, 0.29) is 5.91 Å². The highest BCUT2D eigenvalue weighted by molar-refractivity contribution is 6.33. The van der Waals surface area contributed by atoms with Crippen LogP contribution >= 0.6 is 11.6 Å². The van der Waals surface area contributed by atoms with Gasteiger partial charge in [0.25, 0.3) is 5.91 Å². The fourth-order valence-electron chi connectivity index (χ4n) is 2.80. The highest BCUT2D eigenvalue weighted by atomic mass is 35.5. The van der Waals surface area contributed by atoms with Gasteiger partial charge in [0.15, 0.2) is 0 Å². The van der Waals surface area contributed by atoms with Crippen molar-refractivity contribution in [2.45, 2.75) is 27.3 Å². The van der Waals surface area contributed by atoms with Crippen LogP contribution in [0.15, 0.2) is 54.6 Å². The summed E-state index contributed by atoms with van der Waals surface area (Å²) in [6.07, 6.45) is 0. The van der Waals surface area contributed by atoms with Crippen molar-refractivity contribution in [2.24, 2.45) is 5.92 Å². The molecule has 0 fully saturated rings. The molecule has 0 saturated heterocycles. The minimum absolute atomic E-state index is 0.253. The van der Waals surface area contributed by atoms with Crippen LogP contribution < -0.4 is 10.6 Å². The van der Waals surface area contributed by atoms with Crippen molar-refractivity contribution < 1.29 is 4.79 Å². The van der Waals surface area contributed by atoms with Gasteiger partial charge in [-0.1, -0.05) is 43.6 Å². The van der Waals surface area contributed by atoms with Gasteiger partial charge < -0.3 is 10.6 Å². The van der Waals surface area contributed by atoms with E-state index in [9.17, 15) is 4.79 Å². The smallest absolute Gasteiger partial charge is 0.260 e. The van der Waals surface area contributed by atoms with Crippen molar-refractivity contribution in [2.75, 3.05) is 10.6 Å². The van der Waals surface area contributed by atoms with Gasteiger partial charge in [-0.15, -0.1) is 0 Å². The van der Waals surface area contributed by atoms with Gasteiger partial charge in [0.1, 0.15) is 5.15 Å². The minimum Gasteiger partial charge on any atom is -0.356 e. The van der Waals surface area contributed by atoms with Crippen molar-refractivity contribution in [1.82, 2.24) is 9.78 Å². The van der Waals surface area contributed by atoms with Crippen LogP contribution in [0.4, 0.5) is 17.1 Å². The van der Waals surface area contributed by atoms with Crippen molar-refractivity contribution >= 4 is 34.6 Å². The lowest BCUT2D eigenvalue weighted by atomic mass is 10.2. The Kier molecular flexibility index (Phi) is 5.81. The molecule has 1 amide bonds. The molecule has 0 aliphatic heterocycles. The number of nitrogens with one attached hydrogen (secondary N) is 2. The number of nitrogens with zero attached hydrogens (tertiary/aromatic N) is 2. The second-order valence-electron chi connectivity index (χ2n) is 6.85. The fraction of sp³-hybridized carbons (Fsp3) is 0.238. The van der Waals surface area contributed by atoms with Crippen molar-refractivity contribution in [3.05, 3.63) is 71.0 Å². The van der Waals surface area contributed by atoms with Gasteiger partial charge in [0, 0.05) is 23.6 Å². The van der Waals surface area contributed by atoms with E-state index < -0.39 is 0 Å². The number of anilines is 3. The second-order valence-corrected chi connectivity index (χ2v) is 7.21. The minimum atomic E-state index is -0.253. The van der Waals surface area contributed by atoms with Crippen LogP contribution in [0.3, 0.4) is 0 Å². The molecule has 1 heterocycles. The van der Waals surface area contributed by atoms with Crippen LogP contribution in [0.25, 0.3) is 0 Å². The number of aromatic nitrogens is 2. The molecule has 3 rings (SSSR count). The van der Waals surface area contributed by atoms with Gasteiger partial charge >= 0.3 is 0 Å². The van der Waals surface area contributed by atoms with Gasteiger partial charge in [0.05, 0.1) is 11.3 Å². The highest BCUT2D eigenvalue weighted by Crippen LogP contribution is 2.23. The molecule has 140 valence electrons. The van der Waals surface area contributed by atoms with Gasteiger partial charge in [-0.25, -0.2) is 0 Å². The van der Waals surface area contributed by atoms with Crippen molar-refractivity contribution in [1.29, 1.82) is 0 Å². The topological polar surface area (TPSA) is 59.0 Å². The van der Waals surface area contributed by atoms with E-state index in [1.165, 1.54) is 0 Å². The zero-order valence-corrected chi connectivity index (χ0v) is 16.4. The summed E-state index contributed by atoms with van der Waals surface area (Å²) in [5, 5.41) is 11.0. The number of aryl methyl sites for hydroxylation is 1. The third kappa shape index (κ3) is 4.68. The molecule has 1 aromatic heterocycles. The Hall–Kier alpha value is -2.79. The highest BCUT2D eigenvalue weighted by Gasteiger charge is 2.20. The number of halogens is 1. The number of amides is 1. The molecule has 0 radical (unpaired) electrons. The number of hydrogen-bond acceptors (Lipinski definition) is 3. The molecule has 3 aromatic rings. The average Bonchev–Trinajstić information content (AvgIpc) is 2.90. The quantitative estimate of drug-likeness (QED) is 0.592. The molecule has 2 aromatic carbocycles. The van der Waals surface area contributed by atoms with Crippen LogP contribution in [0, 0.1) is 12.8 Å². The second kappa shape index (κ2) is 8.27. The molecule has 0 aliphatic carbocycles. The summed E-state index contributed by atoms with van der Waals surface area (Å²) >= 11 is 6.38. The van der Waals surface area contributed by atoms with E-state index in [1.807, 2.05) is 54.6 Å². The first kappa shape index (κ1) is 19.0. The summed E-state index contributed by atoms with van der Waals surface area (Å²) < 4.78 is 1.68. The van der Waals surface area contributed by atoms with E-state index in [1.54, 1.807) is 11.6 Å². The van der Waals surface area contributed by atoms with Gasteiger partial charge in [0.2, 0.25) is 0 Å². The Morgan fingerprint density at radius 1 is 1.04 bits per heavy atom. The van der Waals surface area contributed by atoms with E-state index in [2.05, 4.69) is 29.6 Å². The first-order chi connectivity index (χ1) is 12.9. The monoisotopic (exact) mass is 382 g/mol. The predicted molar refractivity (Wildman–Crippen MR) is 111 cm³/mol. The predicted octanol–water partition coefficient (Wildman–Crippen LogP) is 5.50. The SMILES string of the molecule is Cc1nn(CC(C)C)c(Cl)c1C(=O)Nc1ccc(Nc2ccccc2)cc1. The summed E-state index contributed by atoms with van der Waals surface area (Å²) in [5.74, 6) is 0.138. The molecule has 5 nitrogen and oxygen atoms in total. The third-order valence-corrected chi connectivity index (χ3v) is 4.42. The molecule has 2 N–H and O–H groups in total. The maximum Gasteiger partial charge on any atom is 0.260 e.